The van der Waals surface area contributed by atoms with E-state index in [1.807, 2.05) is 0 Å². The van der Waals surface area contributed by atoms with Crippen LogP contribution in [0.25, 0.3) is 11.1 Å². The van der Waals surface area contributed by atoms with E-state index >= 15 is 0 Å². The number of hydrogen-bond donors (Lipinski definition) is 5. The number of ketones is 1. The van der Waals surface area contributed by atoms with Crippen LogP contribution in [0.3, 0.4) is 0 Å². The Bertz CT molecular complexity index is 1110. The molecule has 0 radical (unpaired) electrons. The van der Waals surface area contributed by atoms with E-state index in [0.717, 1.165) is 0 Å². The molecule has 2 aromatic rings. The third kappa shape index (κ3) is 6.25. The molecule has 0 saturated heterocycles. The zero-order valence-corrected chi connectivity index (χ0v) is 25.7. The van der Waals surface area contributed by atoms with E-state index in [1.54, 1.807) is 35.8 Å². The fraction of sp³-hybridized carbons (Fsp3) is 0.222. The van der Waals surface area contributed by atoms with Crippen molar-refractivity contribution in [1.82, 2.24) is 5.43 Å². The van der Waals surface area contributed by atoms with Gasteiger partial charge in [0.05, 0.1) is 0 Å². The summed E-state index contributed by atoms with van der Waals surface area (Å²) >= 11 is 0. The fourth-order valence-electron chi connectivity index (χ4n) is 3.17. The van der Waals surface area contributed by atoms with Crippen LogP contribution in [0.1, 0.15) is 27.7 Å². The smallest absolute Gasteiger partial charge is 1.00 e. The second-order valence-electron chi connectivity index (χ2n) is 6.94. The molecule has 1 heterocycles. The molecule has 0 saturated carbocycles. The van der Waals surface area contributed by atoms with Gasteiger partial charge in [-0.05, 0) is 17.2 Å². The van der Waals surface area contributed by atoms with Gasteiger partial charge in [-0.15, -0.1) is 0 Å². The van der Waals surface area contributed by atoms with Gasteiger partial charge in [-0.2, -0.15) is 5.10 Å². The summed E-state index contributed by atoms with van der Waals surface area (Å²) in [7, 11) is -10.8. The van der Waals surface area contributed by atoms with Gasteiger partial charge < -0.3 is 22.4 Å². The topological polar surface area (TPSA) is 157 Å². The van der Waals surface area contributed by atoms with E-state index in [2.05, 4.69) is 5.10 Å². The predicted octanol–water partition coefficient (Wildman–Crippen LogP) is -3.24. The molecule has 0 aromatic heterocycles. The molecule has 0 bridgehead atoms. The van der Waals surface area contributed by atoms with E-state index in [4.69, 9.17) is 0 Å². The van der Waals surface area contributed by atoms with Gasteiger partial charge in [0.25, 0.3) is 5.02 Å². The summed E-state index contributed by atoms with van der Waals surface area (Å²) in [6.07, 6.45) is -0.963. The molecule has 2 aromatic carbocycles. The van der Waals surface area contributed by atoms with Crippen molar-refractivity contribution in [3.8, 4) is 11.1 Å². The Morgan fingerprint density at radius 3 is 2.12 bits per heavy atom. The molecule has 1 aliphatic rings. The van der Waals surface area contributed by atoms with Crippen molar-refractivity contribution in [3.63, 3.8) is 0 Å². The number of nitrogens with zero attached hydrogens (tertiary/aromatic N) is 1. The number of hydrazone groups is 1. The number of hydrogen-bond acceptors (Lipinski definition) is 5. The van der Waals surface area contributed by atoms with Crippen LogP contribution in [-0.4, -0.2) is 36.1 Å². The van der Waals surface area contributed by atoms with Crippen LogP contribution in [0, 0.1) is 5.82 Å². The van der Waals surface area contributed by atoms with Gasteiger partial charge in [0.1, 0.15) is 11.5 Å². The number of rotatable bonds is 6. The van der Waals surface area contributed by atoms with E-state index in [9.17, 15) is 37.9 Å². The van der Waals surface area contributed by atoms with Crippen molar-refractivity contribution in [1.29, 1.82) is 0 Å². The number of carbonyl (C=O) groups excluding carboxylic acids is 1. The van der Waals surface area contributed by atoms with Gasteiger partial charge in [0.2, 0.25) is 0 Å². The van der Waals surface area contributed by atoms with Gasteiger partial charge in [-0.1, -0.05) is 49.4 Å². The van der Waals surface area contributed by atoms with Gasteiger partial charge in [-0.25, -0.2) is 4.39 Å². The molecule has 0 aliphatic carbocycles. The molecule has 3 rings (SSSR count). The summed E-state index contributed by atoms with van der Waals surface area (Å²) in [5.41, 5.74) is 2.62. The average Bonchev–Trinajstić information content (AvgIpc) is 3.14. The maximum Gasteiger partial charge on any atom is 1.00 e. The standard InChI is InChI=1S/C18H19FN2O7P2.2K.2H/c1-11(13-7-8-14(15(19)9-13)12-5-3-2-4-6-12)17(22)16-10-18(21-20-16,29(23,24)25)30(26,27)28;;;;/h2-9,11,21H,10H2,1H3,(H2,23,24,25)(H2,26,27,28);;;;/q;2*+1;2*-1. The summed E-state index contributed by atoms with van der Waals surface area (Å²) in [4.78, 5) is 50.6. The Hall–Kier alpha value is 1.08. The van der Waals surface area contributed by atoms with Crippen molar-refractivity contribution >= 4 is 26.7 Å². The predicted molar refractivity (Wildman–Crippen MR) is 109 cm³/mol. The van der Waals surface area contributed by atoms with E-state index in [1.165, 1.54) is 25.1 Å². The molecule has 5 N–H and O–H groups in total. The van der Waals surface area contributed by atoms with Crippen molar-refractivity contribution in [3.05, 3.63) is 59.9 Å². The molecular weight excluding hydrogens is 515 g/mol. The minimum Gasteiger partial charge on any atom is -1.00 e. The van der Waals surface area contributed by atoms with Crippen molar-refractivity contribution < 1.29 is 144 Å². The van der Waals surface area contributed by atoms with Gasteiger partial charge in [-0.3, -0.25) is 19.4 Å². The van der Waals surface area contributed by atoms with Crippen LogP contribution in [0.2, 0.25) is 0 Å². The Morgan fingerprint density at radius 1 is 1.09 bits per heavy atom. The SMILES string of the molecule is CC(C(=O)C1=NNC(P(=O)(O)O)(P(=O)(O)O)C1)c1ccc(-c2ccccc2)c(F)c1.[H-].[H-].[K+].[K+]. The van der Waals surface area contributed by atoms with E-state index in [-0.39, 0.29) is 111 Å². The number of carbonyl (C=O) groups is 1. The van der Waals surface area contributed by atoms with E-state index in [0.29, 0.717) is 11.1 Å². The number of Topliss-reactive ketones (excluding diaryl/α,β-unsaturated/α-hetero) is 1. The van der Waals surface area contributed by atoms with Gasteiger partial charge in [0, 0.05) is 17.9 Å². The largest absolute Gasteiger partial charge is 1.00 e. The second-order valence-corrected chi connectivity index (χ2v) is 11.0. The van der Waals surface area contributed by atoms with E-state index < -0.39 is 49.9 Å². The quantitative estimate of drug-likeness (QED) is 0.191. The Kier molecular flexibility index (Phi) is 11.5. The number of benzene rings is 2. The first-order valence-electron chi connectivity index (χ1n) is 8.71. The van der Waals surface area contributed by atoms with Gasteiger partial charge in [0.15, 0.2) is 5.78 Å². The third-order valence-corrected chi connectivity index (χ3v) is 9.01. The van der Waals surface area contributed by atoms with Crippen LogP contribution < -0.4 is 108 Å². The number of halogens is 1. The molecule has 0 amide bonds. The Labute approximate surface area is 271 Å². The van der Waals surface area contributed by atoms with Crippen LogP contribution >= 0.6 is 15.2 Å². The molecule has 1 aliphatic heterocycles. The van der Waals surface area contributed by atoms with Crippen molar-refractivity contribution in [2.45, 2.75) is 24.3 Å². The molecular formula is C18H21FK2N2O7P2. The summed E-state index contributed by atoms with van der Waals surface area (Å²) in [6.45, 7) is 1.44. The van der Waals surface area contributed by atoms with Crippen LogP contribution in [-0.2, 0) is 13.9 Å². The second kappa shape index (κ2) is 11.9. The van der Waals surface area contributed by atoms with Crippen molar-refractivity contribution in [2.24, 2.45) is 5.10 Å². The third-order valence-electron chi connectivity index (χ3n) is 5.00. The molecule has 1 unspecified atom stereocenters. The van der Waals surface area contributed by atoms with Crippen molar-refractivity contribution in [2.75, 3.05) is 0 Å². The number of nitrogens with one attached hydrogen (secondary N) is 1. The Morgan fingerprint density at radius 2 is 1.66 bits per heavy atom. The first kappa shape index (κ1) is 31.1. The fourth-order valence-corrected chi connectivity index (χ4v) is 5.60. The molecule has 164 valence electrons. The summed E-state index contributed by atoms with van der Waals surface area (Å²) < 4.78 is 38.1. The van der Waals surface area contributed by atoms with Crippen LogP contribution in [0.5, 0.6) is 0 Å². The van der Waals surface area contributed by atoms with Crippen LogP contribution in [0.4, 0.5) is 4.39 Å². The maximum absolute atomic E-state index is 14.6. The van der Waals surface area contributed by atoms with Gasteiger partial charge >= 0.3 is 118 Å². The average molecular weight is 537 g/mol. The zero-order chi connectivity index (χ0) is 22.3. The minimum atomic E-state index is -5.39. The Balaban J connectivity index is 0. The molecule has 14 heteroatoms. The molecule has 9 nitrogen and oxygen atoms in total. The maximum atomic E-state index is 14.6. The first-order chi connectivity index (χ1) is 13.9. The summed E-state index contributed by atoms with van der Waals surface area (Å²) in [5.74, 6) is -2.27. The van der Waals surface area contributed by atoms with Crippen LogP contribution in [0.15, 0.2) is 53.6 Å². The minimum absolute atomic E-state index is 0. The summed E-state index contributed by atoms with van der Waals surface area (Å²) in [6, 6.07) is 13.0. The normalized spacial score (nSPS) is 16.1. The molecule has 1 atom stereocenters. The first-order valence-corrected chi connectivity index (χ1v) is 11.9. The summed E-state index contributed by atoms with van der Waals surface area (Å²) in [5, 5.41) is 0.502. The molecule has 32 heavy (non-hydrogen) atoms. The molecule has 0 spiro atoms. The monoisotopic (exact) mass is 536 g/mol. The molecule has 0 fully saturated rings. The zero-order valence-electron chi connectivity index (χ0n) is 19.6.